The van der Waals surface area contributed by atoms with Crippen molar-refractivity contribution in [2.24, 2.45) is 0 Å². The molecule has 1 aromatic carbocycles. The Morgan fingerprint density at radius 1 is 1.30 bits per heavy atom. The number of benzene rings is 1. The molecule has 2 rings (SSSR count). The molecule has 23 heavy (non-hydrogen) atoms. The lowest BCUT2D eigenvalue weighted by Gasteiger charge is -2.13. The predicted octanol–water partition coefficient (Wildman–Crippen LogP) is 2.20. The first-order valence-electron chi connectivity index (χ1n) is 6.73. The van der Waals surface area contributed by atoms with Crippen LogP contribution in [0.1, 0.15) is 12.8 Å². The van der Waals surface area contributed by atoms with E-state index in [0.717, 1.165) is 0 Å². The first-order chi connectivity index (χ1) is 10.7. The second kappa shape index (κ2) is 6.86. The van der Waals surface area contributed by atoms with Gasteiger partial charge in [0.25, 0.3) is 5.91 Å². The number of amides is 1. The van der Waals surface area contributed by atoms with Crippen molar-refractivity contribution in [2.45, 2.75) is 31.2 Å². The highest BCUT2D eigenvalue weighted by molar-refractivity contribution is 5.94. The fourth-order valence-electron chi connectivity index (χ4n) is 2.06. The number of carbonyl (C=O) groups is 2. The molecule has 1 aliphatic rings. The van der Waals surface area contributed by atoms with Crippen molar-refractivity contribution in [3.63, 3.8) is 0 Å². The smallest absolute Gasteiger partial charge is 0.422 e. The second-order valence-corrected chi connectivity index (χ2v) is 4.95. The van der Waals surface area contributed by atoms with Gasteiger partial charge in [0.15, 0.2) is 12.7 Å². The molecule has 1 amide bonds. The molecule has 0 aliphatic carbocycles. The average Bonchev–Trinajstić information content (AvgIpc) is 2.95. The summed E-state index contributed by atoms with van der Waals surface area (Å²) in [5.74, 6) is -1.74. The number of carboxylic acids is 1. The Morgan fingerprint density at radius 2 is 2.00 bits per heavy atom. The molecule has 0 spiro atoms. The van der Waals surface area contributed by atoms with E-state index in [-0.39, 0.29) is 24.3 Å². The Bertz CT molecular complexity index is 590. The van der Waals surface area contributed by atoms with E-state index in [1.807, 2.05) is 0 Å². The van der Waals surface area contributed by atoms with Crippen molar-refractivity contribution >= 4 is 17.6 Å². The molecule has 0 unspecified atom stereocenters. The average molecular weight is 333 g/mol. The van der Waals surface area contributed by atoms with E-state index >= 15 is 0 Å². The van der Waals surface area contributed by atoms with Gasteiger partial charge in [-0.2, -0.15) is 13.2 Å². The van der Waals surface area contributed by atoms with Crippen LogP contribution in [0.25, 0.3) is 0 Å². The van der Waals surface area contributed by atoms with Crippen LogP contribution in [0.4, 0.5) is 18.9 Å². The lowest BCUT2D eigenvalue weighted by Crippen LogP contribution is -2.29. The summed E-state index contributed by atoms with van der Waals surface area (Å²) in [5, 5.41) is 11.3. The van der Waals surface area contributed by atoms with E-state index < -0.39 is 36.9 Å². The highest BCUT2D eigenvalue weighted by Crippen LogP contribution is 2.24. The minimum absolute atomic E-state index is 0.0455. The molecule has 0 bridgehead atoms. The number of carbonyl (C=O) groups excluding carboxylic acids is 1. The van der Waals surface area contributed by atoms with Gasteiger partial charge in [0.2, 0.25) is 0 Å². The molecule has 9 heteroatoms. The lowest BCUT2D eigenvalue weighted by molar-refractivity contribution is -0.153. The standard InChI is InChI=1S/C14H14F3NO5/c15-14(16,17)7-22-9-3-1-2-8(6-9)18-12(19)10-4-5-11(23-10)13(20)21/h1-3,6,10-11H,4-5,7H2,(H,18,19)(H,20,21)/t10-,11+/m0/s1. The molecule has 1 aliphatic heterocycles. The molecular formula is C14H14F3NO5. The van der Waals surface area contributed by atoms with Crippen molar-refractivity contribution < 1.29 is 37.3 Å². The Hall–Kier alpha value is -2.29. The molecule has 6 nitrogen and oxygen atoms in total. The second-order valence-electron chi connectivity index (χ2n) is 4.95. The van der Waals surface area contributed by atoms with E-state index in [9.17, 15) is 22.8 Å². The number of ether oxygens (including phenoxy) is 2. The molecule has 1 fully saturated rings. The van der Waals surface area contributed by atoms with Crippen LogP contribution in [-0.2, 0) is 14.3 Å². The minimum Gasteiger partial charge on any atom is -0.484 e. The van der Waals surface area contributed by atoms with Gasteiger partial charge in [0, 0.05) is 11.8 Å². The number of aliphatic carboxylic acids is 1. The number of carboxylic acid groups (broad SMARTS) is 1. The third kappa shape index (κ3) is 5.13. The Morgan fingerprint density at radius 3 is 2.61 bits per heavy atom. The van der Waals surface area contributed by atoms with E-state index in [1.54, 1.807) is 0 Å². The topological polar surface area (TPSA) is 84.9 Å². The third-order valence-electron chi connectivity index (χ3n) is 3.09. The van der Waals surface area contributed by atoms with Gasteiger partial charge in [-0.3, -0.25) is 4.79 Å². The number of rotatable bonds is 5. The number of anilines is 1. The molecule has 1 heterocycles. The maximum Gasteiger partial charge on any atom is 0.422 e. The van der Waals surface area contributed by atoms with Crippen LogP contribution < -0.4 is 10.1 Å². The first kappa shape index (κ1) is 17.1. The number of nitrogens with one attached hydrogen (secondary N) is 1. The minimum atomic E-state index is -4.46. The first-order valence-corrected chi connectivity index (χ1v) is 6.73. The monoisotopic (exact) mass is 333 g/mol. The largest absolute Gasteiger partial charge is 0.484 e. The molecule has 2 N–H and O–H groups in total. The zero-order chi connectivity index (χ0) is 17.0. The number of hydrogen-bond donors (Lipinski definition) is 2. The molecule has 0 aromatic heterocycles. The third-order valence-corrected chi connectivity index (χ3v) is 3.09. The van der Waals surface area contributed by atoms with Crippen molar-refractivity contribution in [1.82, 2.24) is 0 Å². The molecule has 1 saturated heterocycles. The van der Waals surface area contributed by atoms with Crippen LogP contribution in [0.15, 0.2) is 24.3 Å². The van der Waals surface area contributed by atoms with E-state index in [4.69, 9.17) is 9.84 Å². The van der Waals surface area contributed by atoms with Gasteiger partial charge in [-0.1, -0.05) is 6.07 Å². The molecule has 0 saturated carbocycles. The van der Waals surface area contributed by atoms with Gasteiger partial charge in [-0.05, 0) is 25.0 Å². The number of alkyl halides is 3. The maximum atomic E-state index is 12.1. The summed E-state index contributed by atoms with van der Waals surface area (Å²) in [6.45, 7) is -1.43. The van der Waals surface area contributed by atoms with Crippen LogP contribution in [-0.4, -0.2) is 42.0 Å². The van der Waals surface area contributed by atoms with E-state index in [2.05, 4.69) is 10.1 Å². The van der Waals surface area contributed by atoms with Crippen LogP contribution in [0.5, 0.6) is 5.75 Å². The normalized spacial score (nSPS) is 21.0. The summed E-state index contributed by atoms with van der Waals surface area (Å²) >= 11 is 0. The Balaban J connectivity index is 1.92. The van der Waals surface area contributed by atoms with Crippen LogP contribution in [0.3, 0.4) is 0 Å². The summed E-state index contributed by atoms with van der Waals surface area (Å²) in [4.78, 5) is 22.7. The zero-order valence-electron chi connectivity index (χ0n) is 11.8. The van der Waals surface area contributed by atoms with Gasteiger partial charge in [-0.15, -0.1) is 0 Å². The number of halogens is 3. The summed E-state index contributed by atoms with van der Waals surface area (Å²) in [6, 6.07) is 5.47. The molecule has 2 atom stereocenters. The van der Waals surface area contributed by atoms with E-state index in [0.29, 0.717) is 0 Å². The zero-order valence-corrected chi connectivity index (χ0v) is 11.8. The van der Waals surface area contributed by atoms with Crippen LogP contribution in [0, 0.1) is 0 Å². The Kier molecular flexibility index (Phi) is 5.09. The maximum absolute atomic E-state index is 12.1. The SMILES string of the molecule is O=C(Nc1cccc(OCC(F)(F)F)c1)[C@@H]1CC[C@H](C(=O)O)O1. The van der Waals surface area contributed by atoms with E-state index in [1.165, 1.54) is 24.3 Å². The molecule has 0 radical (unpaired) electrons. The summed E-state index contributed by atoms with van der Waals surface area (Å²) in [7, 11) is 0. The molecule has 1 aromatic rings. The van der Waals surface area contributed by atoms with Crippen molar-refractivity contribution in [3.8, 4) is 5.75 Å². The van der Waals surface area contributed by atoms with Gasteiger partial charge in [0.05, 0.1) is 0 Å². The van der Waals surface area contributed by atoms with Gasteiger partial charge < -0.3 is 19.9 Å². The van der Waals surface area contributed by atoms with Crippen LogP contribution >= 0.6 is 0 Å². The molecular weight excluding hydrogens is 319 g/mol. The van der Waals surface area contributed by atoms with Gasteiger partial charge >= 0.3 is 12.1 Å². The molecule has 126 valence electrons. The fraction of sp³-hybridized carbons (Fsp3) is 0.429. The number of hydrogen-bond acceptors (Lipinski definition) is 4. The van der Waals surface area contributed by atoms with Gasteiger partial charge in [-0.25, -0.2) is 4.79 Å². The predicted molar refractivity (Wildman–Crippen MR) is 72.2 cm³/mol. The Labute approximate surface area is 129 Å². The van der Waals surface area contributed by atoms with Crippen molar-refractivity contribution in [2.75, 3.05) is 11.9 Å². The van der Waals surface area contributed by atoms with Crippen LogP contribution in [0.2, 0.25) is 0 Å². The van der Waals surface area contributed by atoms with Crippen molar-refractivity contribution in [3.05, 3.63) is 24.3 Å². The summed E-state index contributed by atoms with van der Waals surface area (Å²) in [5.41, 5.74) is 0.233. The summed E-state index contributed by atoms with van der Waals surface area (Å²) in [6.07, 6.45) is -5.90. The fourth-order valence-corrected chi connectivity index (χ4v) is 2.06. The highest BCUT2D eigenvalue weighted by Gasteiger charge is 2.34. The quantitative estimate of drug-likeness (QED) is 0.863. The van der Waals surface area contributed by atoms with Crippen molar-refractivity contribution in [1.29, 1.82) is 0 Å². The lowest BCUT2D eigenvalue weighted by atomic mass is 10.2. The van der Waals surface area contributed by atoms with Gasteiger partial charge in [0.1, 0.15) is 11.9 Å². The highest BCUT2D eigenvalue weighted by atomic mass is 19.4. The summed E-state index contributed by atoms with van der Waals surface area (Å²) < 4.78 is 46.0.